The molecule has 1 unspecified atom stereocenters. The van der Waals surface area contributed by atoms with Gasteiger partial charge in [0.1, 0.15) is 5.82 Å². The number of nitrogens with one attached hydrogen (secondary N) is 1. The average molecular weight is 478 g/mol. The Bertz CT molecular complexity index is 1360. The van der Waals surface area contributed by atoms with Gasteiger partial charge in [0.05, 0.1) is 29.3 Å². The summed E-state index contributed by atoms with van der Waals surface area (Å²) in [5, 5.41) is 4.38. The SMILES string of the molecule is CCc1ccccc1Nc1nc(N)nc(CSc2nc3ccccc3c(=O)n2C(C)COC)n1. The molecule has 0 amide bonds. The van der Waals surface area contributed by atoms with E-state index >= 15 is 0 Å². The minimum absolute atomic E-state index is 0.105. The standard InChI is InChI=1S/C24H27N7O2S/c1-4-16-9-5-7-11-18(16)26-23-29-20(28-22(25)30-23)14-34-24-27-19-12-8-6-10-17(19)21(32)31(24)15(2)13-33-3/h5-12,15H,4,13-14H2,1-3H3,(H3,25,26,28,29,30). The van der Waals surface area contributed by atoms with Crippen LogP contribution in [0.25, 0.3) is 10.9 Å². The van der Waals surface area contributed by atoms with E-state index in [2.05, 4.69) is 33.3 Å². The highest BCUT2D eigenvalue weighted by Gasteiger charge is 2.17. The molecular formula is C24H27N7O2S. The van der Waals surface area contributed by atoms with E-state index in [-0.39, 0.29) is 17.5 Å². The summed E-state index contributed by atoms with van der Waals surface area (Å²) < 4.78 is 6.96. The van der Waals surface area contributed by atoms with E-state index in [0.29, 0.717) is 40.2 Å². The molecule has 0 radical (unpaired) electrons. The van der Waals surface area contributed by atoms with Crippen molar-refractivity contribution < 1.29 is 4.74 Å². The van der Waals surface area contributed by atoms with Crippen LogP contribution in [0.3, 0.4) is 0 Å². The fourth-order valence-corrected chi connectivity index (χ4v) is 4.64. The molecular weight excluding hydrogens is 450 g/mol. The number of rotatable bonds is 9. The summed E-state index contributed by atoms with van der Waals surface area (Å²) in [6, 6.07) is 15.1. The predicted molar refractivity (Wildman–Crippen MR) is 135 cm³/mol. The number of benzene rings is 2. The second kappa shape index (κ2) is 10.6. The van der Waals surface area contributed by atoms with Gasteiger partial charge in [-0.3, -0.25) is 9.36 Å². The lowest BCUT2D eigenvalue weighted by Gasteiger charge is -2.18. The Morgan fingerprint density at radius 3 is 2.65 bits per heavy atom. The first-order valence-electron chi connectivity index (χ1n) is 11.0. The lowest BCUT2D eigenvalue weighted by molar-refractivity contribution is 0.156. The Morgan fingerprint density at radius 2 is 1.85 bits per heavy atom. The van der Waals surface area contributed by atoms with Gasteiger partial charge in [-0.2, -0.15) is 15.0 Å². The van der Waals surface area contributed by atoms with Crippen molar-refractivity contribution in [2.45, 2.75) is 37.2 Å². The average Bonchev–Trinajstić information content (AvgIpc) is 2.83. The van der Waals surface area contributed by atoms with Crippen LogP contribution in [0.1, 0.15) is 31.3 Å². The van der Waals surface area contributed by atoms with Crippen LogP contribution in [0.15, 0.2) is 58.5 Å². The molecule has 0 saturated carbocycles. The van der Waals surface area contributed by atoms with E-state index < -0.39 is 0 Å². The molecule has 0 aliphatic rings. The van der Waals surface area contributed by atoms with E-state index in [9.17, 15) is 4.79 Å². The fourth-order valence-electron chi connectivity index (χ4n) is 3.69. The third-order valence-corrected chi connectivity index (χ3v) is 6.25. The number of methoxy groups -OCH3 is 1. The summed E-state index contributed by atoms with van der Waals surface area (Å²) in [5.41, 5.74) is 8.58. The quantitative estimate of drug-likeness (QED) is 0.272. The highest BCUT2D eigenvalue weighted by Crippen LogP contribution is 2.25. The number of para-hydroxylation sites is 2. The first kappa shape index (κ1) is 23.7. The number of aryl methyl sites for hydroxylation is 1. The summed E-state index contributed by atoms with van der Waals surface area (Å²) >= 11 is 1.37. The summed E-state index contributed by atoms with van der Waals surface area (Å²) in [6.07, 6.45) is 0.872. The first-order valence-corrected chi connectivity index (χ1v) is 12.0. The molecule has 9 nitrogen and oxygen atoms in total. The molecule has 2 heterocycles. The second-order valence-corrected chi connectivity index (χ2v) is 8.69. The molecule has 3 N–H and O–H groups in total. The number of nitrogens with zero attached hydrogens (tertiary/aromatic N) is 5. The number of ether oxygens (including phenoxy) is 1. The first-order chi connectivity index (χ1) is 16.5. The molecule has 176 valence electrons. The van der Waals surface area contributed by atoms with Crippen LogP contribution in [0, 0.1) is 0 Å². The van der Waals surface area contributed by atoms with Crippen molar-refractivity contribution in [3.8, 4) is 0 Å². The van der Waals surface area contributed by atoms with Gasteiger partial charge in [0, 0.05) is 12.8 Å². The smallest absolute Gasteiger partial charge is 0.262 e. The molecule has 2 aromatic carbocycles. The van der Waals surface area contributed by atoms with Crippen molar-refractivity contribution in [1.29, 1.82) is 0 Å². The molecule has 34 heavy (non-hydrogen) atoms. The van der Waals surface area contributed by atoms with Crippen LogP contribution >= 0.6 is 11.8 Å². The molecule has 0 spiro atoms. The molecule has 0 fully saturated rings. The summed E-state index contributed by atoms with van der Waals surface area (Å²) in [4.78, 5) is 31.0. The molecule has 4 rings (SSSR count). The van der Waals surface area contributed by atoms with Gasteiger partial charge in [0.15, 0.2) is 5.16 Å². The van der Waals surface area contributed by atoms with Crippen molar-refractivity contribution in [1.82, 2.24) is 24.5 Å². The van der Waals surface area contributed by atoms with E-state index in [1.54, 1.807) is 17.7 Å². The number of hydrogen-bond donors (Lipinski definition) is 2. The Hall–Kier alpha value is -3.50. The van der Waals surface area contributed by atoms with Crippen LogP contribution in [-0.4, -0.2) is 38.2 Å². The van der Waals surface area contributed by atoms with E-state index in [1.165, 1.54) is 11.8 Å². The molecule has 4 aromatic rings. The zero-order chi connectivity index (χ0) is 24.1. The van der Waals surface area contributed by atoms with Crippen molar-refractivity contribution >= 4 is 40.2 Å². The molecule has 0 bridgehead atoms. The topological polar surface area (TPSA) is 121 Å². The number of thioether (sulfide) groups is 1. The van der Waals surface area contributed by atoms with Gasteiger partial charge in [-0.1, -0.05) is 49.0 Å². The molecule has 10 heteroatoms. The Morgan fingerprint density at radius 1 is 1.09 bits per heavy atom. The van der Waals surface area contributed by atoms with Gasteiger partial charge in [0.2, 0.25) is 11.9 Å². The van der Waals surface area contributed by atoms with Gasteiger partial charge < -0.3 is 15.8 Å². The maximum Gasteiger partial charge on any atom is 0.262 e. The van der Waals surface area contributed by atoms with Crippen molar-refractivity contribution in [3.63, 3.8) is 0 Å². The normalized spacial score (nSPS) is 12.1. The number of nitrogen functional groups attached to an aromatic ring is 1. The predicted octanol–water partition coefficient (Wildman–Crippen LogP) is 3.97. The molecule has 0 aliphatic heterocycles. The van der Waals surface area contributed by atoms with E-state index in [1.807, 2.05) is 43.3 Å². The Kier molecular flexibility index (Phi) is 7.39. The van der Waals surface area contributed by atoms with Crippen molar-refractivity contribution in [3.05, 3.63) is 70.3 Å². The van der Waals surface area contributed by atoms with Crippen LogP contribution in [0.5, 0.6) is 0 Å². The third-order valence-electron chi connectivity index (χ3n) is 5.30. The number of nitrogens with two attached hydrogens (primary N) is 1. The lowest BCUT2D eigenvalue weighted by atomic mass is 10.1. The highest BCUT2D eigenvalue weighted by atomic mass is 32.2. The minimum atomic E-state index is -0.191. The Balaban J connectivity index is 1.64. The third kappa shape index (κ3) is 5.18. The zero-order valence-corrected chi connectivity index (χ0v) is 20.2. The number of fused-ring (bicyclic) bond motifs is 1. The van der Waals surface area contributed by atoms with Gasteiger partial charge >= 0.3 is 0 Å². The minimum Gasteiger partial charge on any atom is -0.383 e. The summed E-state index contributed by atoms with van der Waals surface area (Å²) in [7, 11) is 1.61. The van der Waals surface area contributed by atoms with Crippen LogP contribution < -0.4 is 16.6 Å². The molecule has 1 atom stereocenters. The van der Waals surface area contributed by atoms with Crippen LogP contribution in [0.4, 0.5) is 17.6 Å². The number of anilines is 3. The van der Waals surface area contributed by atoms with Gasteiger partial charge in [-0.25, -0.2) is 4.98 Å². The number of hydrogen-bond acceptors (Lipinski definition) is 9. The molecule has 2 aromatic heterocycles. The van der Waals surface area contributed by atoms with E-state index in [4.69, 9.17) is 15.5 Å². The zero-order valence-electron chi connectivity index (χ0n) is 19.4. The van der Waals surface area contributed by atoms with Crippen molar-refractivity contribution in [2.75, 3.05) is 24.8 Å². The summed E-state index contributed by atoms with van der Waals surface area (Å²) in [5.74, 6) is 1.35. The maximum atomic E-state index is 13.2. The maximum absolute atomic E-state index is 13.2. The Labute approximate surface area is 201 Å². The molecule has 0 aliphatic carbocycles. The van der Waals surface area contributed by atoms with Gasteiger partial charge in [-0.15, -0.1) is 0 Å². The van der Waals surface area contributed by atoms with Crippen LogP contribution in [0.2, 0.25) is 0 Å². The van der Waals surface area contributed by atoms with Crippen LogP contribution in [-0.2, 0) is 16.9 Å². The number of aromatic nitrogens is 5. The summed E-state index contributed by atoms with van der Waals surface area (Å²) in [6.45, 7) is 4.40. The largest absolute Gasteiger partial charge is 0.383 e. The lowest BCUT2D eigenvalue weighted by Crippen LogP contribution is -2.28. The van der Waals surface area contributed by atoms with Gasteiger partial charge in [-0.05, 0) is 37.1 Å². The second-order valence-electron chi connectivity index (χ2n) is 7.75. The fraction of sp³-hybridized carbons (Fsp3) is 0.292. The molecule has 0 saturated heterocycles. The van der Waals surface area contributed by atoms with Gasteiger partial charge in [0.25, 0.3) is 5.56 Å². The van der Waals surface area contributed by atoms with Crippen molar-refractivity contribution in [2.24, 2.45) is 0 Å². The highest BCUT2D eigenvalue weighted by molar-refractivity contribution is 7.98. The van der Waals surface area contributed by atoms with E-state index in [0.717, 1.165) is 17.7 Å². The monoisotopic (exact) mass is 477 g/mol.